The third-order valence-corrected chi connectivity index (χ3v) is 3.73. The van der Waals surface area contributed by atoms with Gasteiger partial charge in [-0.3, -0.25) is 9.59 Å². The maximum atomic E-state index is 12.2. The van der Waals surface area contributed by atoms with Gasteiger partial charge in [0.1, 0.15) is 11.5 Å². The number of ether oxygens (including phenoxy) is 2. The minimum Gasteiger partial charge on any atom is -0.484 e. The molecule has 0 aliphatic rings. The van der Waals surface area contributed by atoms with Gasteiger partial charge in [0.25, 0.3) is 11.8 Å². The van der Waals surface area contributed by atoms with Gasteiger partial charge in [0.2, 0.25) is 0 Å². The number of halogens is 3. The van der Waals surface area contributed by atoms with Gasteiger partial charge in [0.15, 0.2) is 19.0 Å². The van der Waals surface area contributed by atoms with Crippen LogP contribution in [0.5, 0.6) is 11.5 Å². The molecule has 3 aromatic rings. The molecule has 1 aromatic heterocycles. The summed E-state index contributed by atoms with van der Waals surface area (Å²) in [6.07, 6.45) is -3.08. The summed E-state index contributed by atoms with van der Waals surface area (Å²) in [5.74, 6) is -0.525. The number of carbonyl (C=O) groups excluding carboxylic acids is 2. The highest BCUT2D eigenvalue weighted by molar-refractivity contribution is 6.02. The highest BCUT2D eigenvalue weighted by Crippen LogP contribution is 2.22. The second-order valence-electron chi connectivity index (χ2n) is 6.23. The molecule has 0 aliphatic heterocycles. The van der Waals surface area contributed by atoms with E-state index < -0.39 is 24.6 Å². The Bertz CT molecular complexity index is 1040. The van der Waals surface area contributed by atoms with Crippen molar-refractivity contribution >= 4 is 23.2 Å². The van der Waals surface area contributed by atoms with E-state index in [1.165, 1.54) is 42.7 Å². The Morgan fingerprint density at radius 1 is 0.871 bits per heavy atom. The van der Waals surface area contributed by atoms with E-state index in [-0.39, 0.29) is 23.8 Å². The molecule has 0 bridgehead atoms. The van der Waals surface area contributed by atoms with Crippen molar-refractivity contribution in [3.8, 4) is 11.5 Å². The number of carbonyl (C=O) groups is 2. The third kappa shape index (κ3) is 7.11. The molecule has 162 valence electrons. The maximum absolute atomic E-state index is 12.2. The summed E-state index contributed by atoms with van der Waals surface area (Å²) < 4.78 is 51.8. The van der Waals surface area contributed by atoms with E-state index in [2.05, 4.69) is 15.4 Å². The molecule has 2 aromatic carbocycles. The highest BCUT2D eigenvalue weighted by Gasteiger charge is 2.28. The average molecular weight is 434 g/mol. The van der Waals surface area contributed by atoms with Gasteiger partial charge in [-0.2, -0.15) is 13.2 Å². The van der Waals surface area contributed by atoms with Crippen molar-refractivity contribution in [2.24, 2.45) is 0 Å². The summed E-state index contributed by atoms with van der Waals surface area (Å²) in [4.78, 5) is 24.1. The van der Waals surface area contributed by atoms with Crippen LogP contribution in [0.4, 0.5) is 24.5 Å². The van der Waals surface area contributed by atoms with Gasteiger partial charge in [-0.15, -0.1) is 0 Å². The van der Waals surface area contributed by atoms with Gasteiger partial charge in [0.05, 0.1) is 6.26 Å². The molecule has 7 nitrogen and oxygen atoms in total. The highest BCUT2D eigenvalue weighted by atomic mass is 19.4. The predicted octanol–water partition coefficient (Wildman–Crippen LogP) is 4.49. The topological polar surface area (TPSA) is 89.8 Å². The number of amides is 2. The molecule has 2 amide bonds. The van der Waals surface area contributed by atoms with Crippen LogP contribution in [-0.2, 0) is 4.79 Å². The summed E-state index contributed by atoms with van der Waals surface area (Å²) in [6.45, 7) is -1.79. The van der Waals surface area contributed by atoms with Gasteiger partial charge in [-0.05, 0) is 36.4 Å². The molecule has 0 unspecified atom stereocenters. The van der Waals surface area contributed by atoms with Crippen molar-refractivity contribution in [1.82, 2.24) is 0 Å². The third-order valence-electron chi connectivity index (χ3n) is 3.73. The molecule has 0 atom stereocenters. The van der Waals surface area contributed by atoms with Crippen molar-refractivity contribution in [3.05, 3.63) is 72.7 Å². The van der Waals surface area contributed by atoms with E-state index in [1.807, 2.05) is 0 Å². The molecule has 1 heterocycles. The van der Waals surface area contributed by atoms with Crippen LogP contribution in [0.3, 0.4) is 0 Å². The first-order valence-corrected chi connectivity index (χ1v) is 8.96. The van der Waals surface area contributed by atoms with Gasteiger partial charge in [-0.1, -0.05) is 12.1 Å². The first-order valence-electron chi connectivity index (χ1n) is 8.96. The fourth-order valence-electron chi connectivity index (χ4n) is 2.44. The Morgan fingerprint density at radius 2 is 1.52 bits per heavy atom. The summed E-state index contributed by atoms with van der Waals surface area (Å²) >= 11 is 0. The number of hydrogen-bond donors (Lipinski definition) is 2. The van der Waals surface area contributed by atoms with Crippen LogP contribution in [0.2, 0.25) is 0 Å². The molecule has 31 heavy (non-hydrogen) atoms. The van der Waals surface area contributed by atoms with Crippen LogP contribution in [0.25, 0.3) is 0 Å². The zero-order valence-electron chi connectivity index (χ0n) is 15.9. The molecule has 2 N–H and O–H groups in total. The van der Waals surface area contributed by atoms with Crippen molar-refractivity contribution in [2.45, 2.75) is 6.18 Å². The number of nitrogens with one attached hydrogen (secondary N) is 2. The predicted molar refractivity (Wildman–Crippen MR) is 105 cm³/mol. The fraction of sp³-hybridized carbons (Fsp3) is 0.143. The Morgan fingerprint density at radius 3 is 2.13 bits per heavy atom. The summed E-state index contributed by atoms with van der Waals surface area (Å²) in [7, 11) is 0. The summed E-state index contributed by atoms with van der Waals surface area (Å²) in [6, 6.07) is 15.1. The minimum atomic E-state index is -4.46. The SMILES string of the molecule is O=C(COc1cccc(NC(=O)c2ccco2)c1)Nc1cccc(OCC(F)(F)F)c1. The zero-order chi connectivity index (χ0) is 22.3. The Hall–Kier alpha value is -3.95. The molecule has 0 saturated heterocycles. The Labute approximate surface area is 174 Å². The van der Waals surface area contributed by atoms with Crippen molar-refractivity contribution in [1.29, 1.82) is 0 Å². The second kappa shape index (κ2) is 9.70. The molecule has 0 spiro atoms. The van der Waals surface area contributed by atoms with E-state index in [4.69, 9.17) is 9.15 Å². The first-order chi connectivity index (χ1) is 14.8. The number of rotatable bonds is 8. The van der Waals surface area contributed by atoms with Crippen LogP contribution >= 0.6 is 0 Å². The molecule has 0 saturated carbocycles. The van der Waals surface area contributed by atoms with Crippen LogP contribution in [-0.4, -0.2) is 31.2 Å². The number of alkyl halides is 3. The summed E-state index contributed by atoms with van der Waals surface area (Å²) in [5, 5.41) is 5.14. The van der Waals surface area contributed by atoms with Crippen molar-refractivity contribution in [2.75, 3.05) is 23.8 Å². The minimum absolute atomic E-state index is 0.0314. The molecule has 0 radical (unpaired) electrons. The molecular formula is C21H17F3N2O5. The van der Waals surface area contributed by atoms with E-state index in [0.29, 0.717) is 11.4 Å². The fourth-order valence-corrected chi connectivity index (χ4v) is 2.44. The van der Waals surface area contributed by atoms with Gasteiger partial charge in [0, 0.05) is 23.5 Å². The molecule has 0 aliphatic carbocycles. The van der Waals surface area contributed by atoms with Crippen molar-refractivity contribution < 1.29 is 36.7 Å². The summed E-state index contributed by atoms with van der Waals surface area (Å²) in [5.41, 5.74) is 0.696. The van der Waals surface area contributed by atoms with Crippen LogP contribution < -0.4 is 20.1 Å². The molecular weight excluding hydrogens is 417 g/mol. The van der Waals surface area contributed by atoms with Crippen molar-refractivity contribution in [3.63, 3.8) is 0 Å². The number of anilines is 2. The maximum Gasteiger partial charge on any atom is 0.422 e. The lowest BCUT2D eigenvalue weighted by molar-refractivity contribution is -0.153. The Kier molecular flexibility index (Phi) is 6.81. The first kappa shape index (κ1) is 21.8. The van der Waals surface area contributed by atoms with Crippen LogP contribution in [0.15, 0.2) is 71.3 Å². The lowest BCUT2D eigenvalue weighted by Gasteiger charge is -2.11. The lowest BCUT2D eigenvalue weighted by atomic mass is 10.3. The normalized spacial score (nSPS) is 10.9. The molecule has 3 rings (SSSR count). The van der Waals surface area contributed by atoms with Crippen LogP contribution in [0.1, 0.15) is 10.6 Å². The van der Waals surface area contributed by atoms with E-state index in [9.17, 15) is 22.8 Å². The average Bonchev–Trinajstić information content (AvgIpc) is 3.26. The molecule has 10 heteroatoms. The van der Waals surface area contributed by atoms with Gasteiger partial charge in [-0.25, -0.2) is 0 Å². The lowest BCUT2D eigenvalue weighted by Crippen LogP contribution is -2.21. The van der Waals surface area contributed by atoms with Gasteiger partial charge < -0.3 is 24.5 Å². The monoisotopic (exact) mass is 434 g/mol. The second-order valence-corrected chi connectivity index (χ2v) is 6.23. The molecule has 0 fully saturated rings. The standard InChI is InChI=1S/C21H17F3N2O5/c22-21(23,24)13-31-17-7-1-4-14(10-17)25-19(27)12-30-16-6-2-5-15(11-16)26-20(28)18-8-3-9-29-18/h1-11H,12-13H2,(H,25,27)(H,26,28). The largest absolute Gasteiger partial charge is 0.484 e. The smallest absolute Gasteiger partial charge is 0.422 e. The van der Waals surface area contributed by atoms with E-state index in [1.54, 1.807) is 24.3 Å². The zero-order valence-corrected chi connectivity index (χ0v) is 15.9. The van der Waals surface area contributed by atoms with E-state index in [0.717, 1.165) is 0 Å². The van der Waals surface area contributed by atoms with Gasteiger partial charge >= 0.3 is 6.18 Å². The van der Waals surface area contributed by atoms with Crippen LogP contribution in [0, 0.1) is 0 Å². The van der Waals surface area contributed by atoms with E-state index >= 15 is 0 Å². The quantitative estimate of drug-likeness (QED) is 0.545. The Balaban J connectivity index is 1.51. The number of hydrogen-bond acceptors (Lipinski definition) is 5. The number of furan rings is 1. The number of benzene rings is 2.